The Hall–Kier alpha value is -5.51. The molecule has 290 valence electrons. The first-order valence-corrected chi connectivity index (χ1v) is 19.3. The second-order valence-electron chi connectivity index (χ2n) is 15.6. The third kappa shape index (κ3) is 8.64. The molecule has 0 aliphatic carbocycles. The number of aliphatic hydroxyl groups excluding tert-OH is 2. The lowest BCUT2D eigenvalue weighted by molar-refractivity contribution is -0.188. The van der Waals surface area contributed by atoms with Gasteiger partial charge in [-0.05, 0) is 116 Å². The fourth-order valence-electron chi connectivity index (χ4n) is 7.98. The largest absolute Gasteiger partial charge is 0.483 e. The summed E-state index contributed by atoms with van der Waals surface area (Å²) in [5.74, 6) is -0.975. The van der Waals surface area contributed by atoms with E-state index in [1.807, 2.05) is 30.3 Å². The number of hydrogen-bond donors (Lipinski definition) is 2. The van der Waals surface area contributed by atoms with Crippen LogP contribution in [0.5, 0.6) is 5.75 Å². The predicted octanol–water partition coefficient (Wildman–Crippen LogP) is 7.68. The molecule has 3 aliphatic heterocycles. The molecule has 0 spiro atoms. The lowest BCUT2D eigenvalue weighted by Crippen LogP contribution is -2.52. The number of carbonyl (C=O) groups is 2. The fraction of sp³-hybridized carbons (Fsp3) is 0.340. The summed E-state index contributed by atoms with van der Waals surface area (Å²) >= 11 is 0. The highest BCUT2D eigenvalue weighted by Crippen LogP contribution is 2.47. The molecule has 3 unspecified atom stereocenters. The molecule has 8 rings (SSSR count). The molecular weight excluding hydrogens is 709 g/mol. The van der Waals surface area contributed by atoms with Gasteiger partial charge in [-0.3, -0.25) is 4.79 Å². The third-order valence-electron chi connectivity index (χ3n) is 11.0. The van der Waals surface area contributed by atoms with Gasteiger partial charge in [-0.15, -0.1) is 0 Å². The van der Waals surface area contributed by atoms with Crippen LogP contribution in [-0.2, 0) is 51.4 Å². The Kier molecular flexibility index (Phi) is 11.6. The molecule has 3 aliphatic rings. The van der Waals surface area contributed by atoms with Gasteiger partial charge in [-0.2, -0.15) is 0 Å². The van der Waals surface area contributed by atoms with Crippen LogP contribution in [0, 0.1) is 5.92 Å². The number of rotatable bonds is 7. The molecule has 4 aromatic carbocycles. The number of fused-ring (bicyclic) bond motifs is 13. The monoisotopic (exact) mass is 756 g/mol. The molecular formula is C47H48O9. The summed E-state index contributed by atoms with van der Waals surface area (Å²) in [6.07, 6.45) is 1.44. The maximum atomic E-state index is 14.3. The molecule has 0 radical (unpaired) electrons. The number of ether oxygens (including phenoxy) is 3. The van der Waals surface area contributed by atoms with E-state index in [9.17, 15) is 24.6 Å². The summed E-state index contributed by atoms with van der Waals surface area (Å²) < 4.78 is 24.9. The summed E-state index contributed by atoms with van der Waals surface area (Å²) in [4.78, 5) is 41.2. The minimum Gasteiger partial charge on any atom is -0.483 e. The molecule has 3 atom stereocenters. The first-order chi connectivity index (χ1) is 27.0. The maximum Gasteiger partial charge on any atom is 0.336 e. The Bertz CT molecular complexity index is 2300. The fourth-order valence-corrected chi connectivity index (χ4v) is 7.98. The number of hydrogen-bond acceptors (Lipinski definition) is 9. The first kappa shape index (κ1) is 38.8. The molecule has 0 fully saturated rings. The van der Waals surface area contributed by atoms with Gasteiger partial charge in [0.2, 0.25) is 0 Å². The lowest BCUT2D eigenvalue weighted by Gasteiger charge is -2.43. The van der Waals surface area contributed by atoms with Crippen LogP contribution in [-0.4, -0.2) is 40.5 Å². The van der Waals surface area contributed by atoms with Gasteiger partial charge in [0.1, 0.15) is 16.9 Å². The average Bonchev–Trinajstić information content (AvgIpc) is 3.18. The Morgan fingerprint density at radius 1 is 0.786 bits per heavy atom. The Labute approximate surface area is 326 Å². The van der Waals surface area contributed by atoms with Gasteiger partial charge in [0.25, 0.3) is 0 Å². The maximum absolute atomic E-state index is 14.3. The van der Waals surface area contributed by atoms with Gasteiger partial charge in [-0.1, -0.05) is 78.9 Å². The van der Waals surface area contributed by atoms with Gasteiger partial charge >= 0.3 is 17.6 Å². The average molecular weight is 757 g/mol. The van der Waals surface area contributed by atoms with Crippen molar-refractivity contribution in [1.82, 2.24) is 0 Å². The molecule has 2 N–H and O–H groups in total. The summed E-state index contributed by atoms with van der Waals surface area (Å²) in [5, 5.41) is 20.7. The molecule has 0 amide bonds. The highest BCUT2D eigenvalue weighted by molar-refractivity contribution is 5.90. The Balaban J connectivity index is 1.26. The molecule has 2 bridgehead atoms. The van der Waals surface area contributed by atoms with Crippen LogP contribution in [0.2, 0.25) is 0 Å². The summed E-state index contributed by atoms with van der Waals surface area (Å²) in [7, 11) is 0. The van der Waals surface area contributed by atoms with Crippen molar-refractivity contribution in [2.45, 2.75) is 90.1 Å². The highest BCUT2D eigenvalue weighted by Gasteiger charge is 2.50. The van der Waals surface area contributed by atoms with Crippen LogP contribution >= 0.6 is 0 Å². The minimum absolute atomic E-state index is 0.0740. The van der Waals surface area contributed by atoms with Crippen LogP contribution < -0.4 is 10.4 Å². The van der Waals surface area contributed by atoms with Crippen LogP contribution in [0.15, 0.2) is 117 Å². The second kappa shape index (κ2) is 16.7. The quantitative estimate of drug-likeness (QED) is 0.0975. The van der Waals surface area contributed by atoms with E-state index in [-0.39, 0.29) is 30.1 Å². The van der Waals surface area contributed by atoms with Gasteiger partial charge in [0.15, 0.2) is 12.2 Å². The van der Waals surface area contributed by atoms with Crippen molar-refractivity contribution in [3.05, 3.63) is 158 Å². The first-order valence-electron chi connectivity index (χ1n) is 19.3. The predicted molar refractivity (Wildman–Crippen MR) is 212 cm³/mol. The summed E-state index contributed by atoms with van der Waals surface area (Å²) in [6.45, 7) is 4.41. The molecule has 5 aromatic rings. The van der Waals surface area contributed by atoms with Gasteiger partial charge in [0.05, 0.1) is 18.8 Å². The zero-order valence-corrected chi connectivity index (χ0v) is 32.1. The lowest BCUT2D eigenvalue weighted by atomic mass is 9.86. The normalized spacial score (nSPS) is 20.7. The SMILES string of the molecule is CC(CO)=C1CCc2ccc(cc2)CC(CCc2cccc(Cc3ccccc3)c2)CC(=O)OC2c3c(ccc4c(CO)cc(=O)oc34)OC(C)(C)C2OC1=O. The van der Waals surface area contributed by atoms with Crippen LogP contribution in [0.1, 0.15) is 85.1 Å². The number of esters is 2. The standard InChI is InChI=1S/C47H48O9/c1-29(27-48)37-19-18-30-12-14-33(15-13-30)24-35(17-16-32-10-7-11-34(23-32)22-31-8-5-4-6-9-31)25-40(50)54-44-42-39(56-47(2,3)45(44)55-46(37)52)21-20-38-36(28-49)26-41(51)53-43(38)42/h4-15,20-21,23,26,35,44-45,48-49H,16-19,22,24-25,27-28H2,1-3H3. The zero-order valence-electron chi connectivity index (χ0n) is 32.1. The smallest absolute Gasteiger partial charge is 0.336 e. The van der Waals surface area contributed by atoms with E-state index in [4.69, 9.17) is 18.6 Å². The van der Waals surface area contributed by atoms with Gasteiger partial charge in [-0.25, -0.2) is 9.59 Å². The van der Waals surface area contributed by atoms with E-state index in [0.29, 0.717) is 53.5 Å². The zero-order chi connectivity index (χ0) is 39.4. The van der Waals surface area contributed by atoms with Crippen molar-refractivity contribution in [2.24, 2.45) is 5.92 Å². The minimum atomic E-state index is -1.23. The van der Waals surface area contributed by atoms with Crippen molar-refractivity contribution in [3.8, 4) is 5.75 Å². The van der Waals surface area contributed by atoms with Gasteiger partial charge < -0.3 is 28.8 Å². The van der Waals surface area contributed by atoms with Crippen LogP contribution in [0.25, 0.3) is 11.0 Å². The van der Waals surface area contributed by atoms with Crippen molar-refractivity contribution in [2.75, 3.05) is 6.61 Å². The van der Waals surface area contributed by atoms with Crippen molar-refractivity contribution in [3.63, 3.8) is 0 Å². The topological polar surface area (TPSA) is 133 Å². The molecule has 9 nitrogen and oxygen atoms in total. The summed E-state index contributed by atoms with van der Waals surface area (Å²) in [5.41, 5.74) is 5.28. The number of carbonyl (C=O) groups excluding carboxylic acids is 2. The van der Waals surface area contributed by atoms with Crippen molar-refractivity contribution < 1.29 is 38.4 Å². The molecule has 0 saturated carbocycles. The van der Waals surface area contributed by atoms with E-state index in [0.717, 1.165) is 24.0 Å². The number of aryl methyl sites for hydroxylation is 2. The Morgan fingerprint density at radius 2 is 1.52 bits per heavy atom. The van der Waals surface area contributed by atoms with Crippen molar-refractivity contribution in [1.29, 1.82) is 0 Å². The Morgan fingerprint density at radius 3 is 2.27 bits per heavy atom. The number of benzene rings is 4. The third-order valence-corrected chi connectivity index (χ3v) is 11.0. The van der Waals surface area contributed by atoms with Gasteiger partial charge in [0, 0.05) is 23.4 Å². The summed E-state index contributed by atoms with van der Waals surface area (Å²) in [6, 6.07) is 31.8. The molecule has 56 heavy (non-hydrogen) atoms. The van der Waals surface area contributed by atoms with Crippen LogP contribution in [0.3, 0.4) is 0 Å². The van der Waals surface area contributed by atoms with Crippen molar-refractivity contribution >= 4 is 22.9 Å². The molecule has 1 aromatic heterocycles. The van der Waals surface area contributed by atoms with Crippen LogP contribution in [0.4, 0.5) is 0 Å². The van der Waals surface area contributed by atoms with E-state index < -0.39 is 42.0 Å². The highest BCUT2D eigenvalue weighted by atomic mass is 16.6. The molecule has 0 saturated heterocycles. The van der Waals surface area contributed by atoms with E-state index in [1.54, 1.807) is 32.9 Å². The number of aliphatic hydroxyl groups is 2. The van der Waals surface area contributed by atoms with E-state index >= 15 is 0 Å². The second-order valence-corrected chi connectivity index (χ2v) is 15.6. The van der Waals surface area contributed by atoms with E-state index in [2.05, 4.69) is 48.5 Å². The molecule has 9 heteroatoms. The van der Waals surface area contributed by atoms with E-state index in [1.165, 1.54) is 22.8 Å². The molecule has 4 heterocycles.